The average molecular weight is 497 g/mol. The topological polar surface area (TPSA) is 74.5 Å². The molecule has 8 nitrogen and oxygen atoms in total. The molecule has 1 N–H and O–H groups in total. The SMILES string of the molecule is CSN1CCN(c2ccc(Nc3nccc(-c4cnc5ccc(Br)cn45)n3)nc2)CC1. The molecule has 158 valence electrons. The summed E-state index contributed by atoms with van der Waals surface area (Å²) in [6, 6.07) is 9.87. The predicted molar refractivity (Wildman–Crippen MR) is 129 cm³/mol. The Morgan fingerprint density at radius 3 is 2.61 bits per heavy atom. The van der Waals surface area contributed by atoms with E-state index in [4.69, 9.17) is 0 Å². The molecule has 1 aliphatic rings. The molecule has 0 spiro atoms. The Morgan fingerprint density at radius 2 is 1.84 bits per heavy atom. The van der Waals surface area contributed by atoms with Crippen molar-refractivity contribution < 1.29 is 0 Å². The zero-order valence-electron chi connectivity index (χ0n) is 16.9. The lowest BCUT2D eigenvalue weighted by Gasteiger charge is -2.34. The Kier molecular flexibility index (Phi) is 5.75. The van der Waals surface area contributed by atoms with Crippen LogP contribution in [0.25, 0.3) is 17.0 Å². The molecule has 1 saturated heterocycles. The average Bonchev–Trinajstić information content (AvgIpc) is 3.23. The third-order valence-corrected chi connectivity index (χ3v) is 6.59. The van der Waals surface area contributed by atoms with Gasteiger partial charge >= 0.3 is 0 Å². The number of nitrogens with zero attached hydrogens (tertiary/aromatic N) is 7. The first-order valence-corrected chi connectivity index (χ1v) is 11.9. The first kappa shape index (κ1) is 20.2. The monoisotopic (exact) mass is 496 g/mol. The molecule has 5 heterocycles. The maximum Gasteiger partial charge on any atom is 0.228 e. The second-order valence-electron chi connectivity index (χ2n) is 7.11. The van der Waals surface area contributed by atoms with Crippen molar-refractivity contribution in [3.8, 4) is 11.4 Å². The number of hydrogen-bond acceptors (Lipinski definition) is 8. The summed E-state index contributed by atoms with van der Waals surface area (Å²) in [5, 5.41) is 3.21. The number of hydrogen-bond donors (Lipinski definition) is 1. The molecule has 0 aliphatic carbocycles. The first-order chi connectivity index (χ1) is 15.2. The van der Waals surface area contributed by atoms with Crippen molar-refractivity contribution in [1.29, 1.82) is 0 Å². The molecule has 4 aromatic rings. The van der Waals surface area contributed by atoms with Gasteiger partial charge in [0.05, 0.1) is 29.5 Å². The van der Waals surface area contributed by atoms with Gasteiger partial charge in [0, 0.05) is 43.0 Å². The van der Waals surface area contributed by atoms with Gasteiger partial charge in [0.15, 0.2) is 0 Å². The fourth-order valence-electron chi connectivity index (χ4n) is 3.60. The van der Waals surface area contributed by atoms with Crippen LogP contribution in [0.15, 0.2) is 59.6 Å². The van der Waals surface area contributed by atoms with E-state index in [2.05, 4.69) is 62.7 Å². The van der Waals surface area contributed by atoms with Gasteiger partial charge in [0.1, 0.15) is 11.5 Å². The Labute approximate surface area is 193 Å². The normalized spacial score (nSPS) is 14.8. The van der Waals surface area contributed by atoms with Crippen LogP contribution in [-0.4, -0.2) is 61.1 Å². The highest BCUT2D eigenvalue weighted by atomic mass is 79.9. The molecule has 1 fully saturated rings. The van der Waals surface area contributed by atoms with E-state index in [1.165, 1.54) is 0 Å². The van der Waals surface area contributed by atoms with E-state index in [-0.39, 0.29) is 0 Å². The second kappa shape index (κ2) is 8.81. The molecule has 0 aromatic carbocycles. The van der Waals surface area contributed by atoms with Crippen molar-refractivity contribution in [2.45, 2.75) is 0 Å². The van der Waals surface area contributed by atoms with E-state index in [0.717, 1.165) is 53.4 Å². The van der Waals surface area contributed by atoms with E-state index in [9.17, 15) is 0 Å². The minimum absolute atomic E-state index is 0.497. The van der Waals surface area contributed by atoms with Crippen molar-refractivity contribution in [1.82, 2.24) is 28.6 Å². The van der Waals surface area contributed by atoms with Gasteiger partial charge in [-0.1, -0.05) is 11.9 Å². The summed E-state index contributed by atoms with van der Waals surface area (Å²) in [7, 11) is 0. The number of nitrogens with one attached hydrogen (secondary N) is 1. The number of piperazine rings is 1. The third kappa shape index (κ3) is 4.36. The number of fused-ring (bicyclic) bond motifs is 1. The molecule has 0 atom stereocenters. The summed E-state index contributed by atoms with van der Waals surface area (Å²) in [5.74, 6) is 1.21. The van der Waals surface area contributed by atoms with Crippen LogP contribution in [0, 0.1) is 0 Å². The van der Waals surface area contributed by atoms with Crippen LogP contribution in [0.2, 0.25) is 0 Å². The molecule has 0 unspecified atom stereocenters. The number of anilines is 3. The standard InChI is InChI=1S/C21H21BrN8S/c1-31-29-10-8-28(9-11-29)16-3-4-19(24-12-16)27-21-23-7-6-17(26-21)18-13-25-20-5-2-15(22)14-30(18)20/h2-7,12-14H,8-11H2,1H3,(H,23,24,26,27). The van der Waals surface area contributed by atoms with Crippen LogP contribution in [0.5, 0.6) is 0 Å². The predicted octanol–water partition coefficient (Wildman–Crippen LogP) is 4.09. The molecular weight excluding hydrogens is 476 g/mol. The summed E-state index contributed by atoms with van der Waals surface area (Å²) in [5.41, 5.74) is 3.68. The van der Waals surface area contributed by atoms with E-state index in [1.54, 1.807) is 6.20 Å². The van der Waals surface area contributed by atoms with Gasteiger partial charge in [-0.3, -0.25) is 4.40 Å². The van der Waals surface area contributed by atoms with Crippen LogP contribution >= 0.6 is 27.9 Å². The molecule has 0 radical (unpaired) electrons. The fourth-order valence-corrected chi connectivity index (χ4v) is 4.46. The summed E-state index contributed by atoms with van der Waals surface area (Å²) in [4.78, 5) is 20.4. The quantitative estimate of drug-likeness (QED) is 0.414. The number of rotatable bonds is 5. The minimum Gasteiger partial charge on any atom is -0.368 e. The molecular formula is C21H21BrN8S. The van der Waals surface area contributed by atoms with Gasteiger partial charge in [-0.05, 0) is 52.5 Å². The highest BCUT2D eigenvalue weighted by Crippen LogP contribution is 2.23. The maximum atomic E-state index is 4.66. The first-order valence-electron chi connectivity index (χ1n) is 9.93. The smallest absolute Gasteiger partial charge is 0.228 e. The Hall–Kier alpha value is -2.69. The van der Waals surface area contributed by atoms with E-state index in [0.29, 0.717) is 11.8 Å². The summed E-state index contributed by atoms with van der Waals surface area (Å²) in [6.45, 7) is 4.13. The molecule has 0 amide bonds. The highest BCUT2D eigenvalue weighted by molar-refractivity contribution is 9.10. The molecule has 1 aliphatic heterocycles. The fraction of sp³-hybridized carbons (Fsp3) is 0.238. The number of imidazole rings is 1. The van der Waals surface area contributed by atoms with Gasteiger partial charge in [0.2, 0.25) is 5.95 Å². The minimum atomic E-state index is 0.497. The molecule has 31 heavy (non-hydrogen) atoms. The van der Waals surface area contributed by atoms with Crippen molar-refractivity contribution >= 4 is 51.0 Å². The van der Waals surface area contributed by atoms with E-state index in [1.807, 2.05) is 59.2 Å². The second-order valence-corrected chi connectivity index (χ2v) is 8.91. The lowest BCUT2D eigenvalue weighted by atomic mass is 10.3. The lowest BCUT2D eigenvalue weighted by Crippen LogP contribution is -2.43. The highest BCUT2D eigenvalue weighted by Gasteiger charge is 2.16. The third-order valence-electron chi connectivity index (χ3n) is 5.24. The van der Waals surface area contributed by atoms with Crippen LogP contribution < -0.4 is 10.2 Å². The largest absolute Gasteiger partial charge is 0.368 e. The van der Waals surface area contributed by atoms with Gasteiger partial charge in [-0.25, -0.2) is 24.2 Å². The van der Waals surface area contributed by atoms with Gasteiger partial charge in [-0.15, -0.1) is 0 Å². The molecule has 4 aromatic heterocycles. The van der Waals surface area contributed by atoms with E-state index < -0.39 is 0 Å². The van der Waals surface area contributed by atoms with Crippen LogP contribution in [0.4, 0.5) is 17.5 Å². The van der Waals surface area contributed by atoms with Crippen molar-refractivity contribution in [3.63, 3.8) is 0 Å². The van der Waals surface area contributed by atoms with Crippen LogP contribution in [0.3, 0.4) is 0 Å². The van der Waals surface area contributed by atoms with Crippen molar-refractivity contribution in [3.05, 3.63) is 59.6 Å². The zero-order valence-corrected chi connectivity index (χ0v) is 19.3. The van der Waals surface area contributed by atoms with Crippen LogP contribution in [-0.2, 0) is 0 Å². The Bertz CT molecular complexity index is 1190. The summed E-state index contributed by atoms with van der Waals surface area (Å²) in [6.07, 6.45) is 9.57. The van der Waals surface area contributed by atoms with Gasteiger partial charge in [-0.2, -0.15) is 0 Å². The number of halogens is 1. The number of pyridine rings is 2. The van der Waals surface area contributed by atoms with Crippen molar-refractivity contribution in [2.24, 2.45) is 0 Å². The van der Waals surface area contributed by atoms with Gasteiger partial charge in [0.25, 0.3) is 0 Å². The molecule has 10 heteroatoms. The summed E-state index contributed by atoms with van der Waals surface area (Å²) < 4.78 is 5.36. The summed E-state index contributed by atoms with van der Waals surface area (Å²) >= 11 is 5.32. The Balaban J connectivity index is 1.32. The van der Waals surface area contributed by atoms with Crippen LogP contribution in [0.1, 0.15) is 0 Å². The Morgan fingerprint density at radius 1 is 0.968 bits per heavy atom. The van der Waals surface area contributed by atoms with Crippen molar-refractivity contribution in [2.75, 3.05) is 42.7 Å². The van der Waals surface area contributed by atoms with Gasteiger partial charge < -0.3 is 10.2 Å². The maximum absolute atomic E-state index is 4.66. The lowest BCUT2D eigenvalue weighted by molar-refractivity contribution is 0.431. The van der Waals surface area contributed by atoms with E-state index >= 15 is 0 Å². The number of aromatic nitrogens is 5. The zero-order chi connectivity index (χ0) is 21.2. The molecule has 0 saturated carbocycles. The molecule has 0 bridgehead atoms. The molecule has 5 rings (SSSR count).